The molecule has 1 amide bonds. The molecular weight excluding hydrogens is 289 g/mol. The smallest absolute Gasteiger partial charge is 0.227 e. The lowest BCUT2D eigenvalue weighted by Crippen LogP contribution is -2.27. The zero-order chi connectivity index (χ0) is 16.2. The third-order valence-electron chi connectivity index (χ3n) is 3.98. The molecule has 0 aliphatic carbocycles. The summed E-state index contributed by atoms with van der Waals surface area (Å²) in [4.78, 5) is 14.2. The van der Waals surface area contributed by atoms with Crippen LogP contribution < -0.4 is 0 Å². The van der Waals surface area contributed by atoms with Crippen molar-refractivity contribution in [2.45, 2.75) is 13.0 Å². The van der Waals surface area contributed by atoms with Crippen LogP contribution in [0.15, 0.2) is 66.7 Å². The molecule has 0 spiro atoms. The van der Waals surface area contributed by atoms with Crippen molar-refractivity contribution in [3.63, 3.8) is 0 Å². The predicted octanol–water partition coefficient (Wildman–Crippen LogP) is 4.18. The van der Waals surface area contributed by atoms with Gasteiger partial charge in [-0.15, -0.1) is 0 Å². The molecule has 23 heavy (non-hydrogen) atoms. The molecule has 0 N–H and O–H groups in total. The molecule has 0 unspecified atom stereocenters. The minimum Gasteiger partial charge on any atom is -0.341 e. The Hall–Kier alpha value is -2.68. The lowest BCUT2D eigenvalue weighted by Gasteiger charge is -2.18. The molecule has 3 aromatic rings. The first kappa shape index (κ1) is 15.2. The molecule has 0 saturated carbocycles. The first-order valence-electron chi connectivity index (χ1n) is 7.58. The highest BCUT2D eigenvalue weighted by molar-refractivity contribution is 5.90. The van der Waals surface area contributed by atoms with Crippen LogP contribution in [-0.4, -0.2) is 17.9 Å². The van der Waals surface area contributed by atoms with E-state index in [4.69, 9.17) is 0 Å². The number of likely N-dealkylation sites (N-methyl/N-ethyl adjacent to an activating group) is 1. The largest absolute Gasteiger partial charge is 0.341 e. The lowest BCUT2D eigenvalue weighted by atomic mass is 10.0. The van der Waals surface area contributed by atoms with Crippen molar-refractivity contribution in [2.24, 2.45) is 0 Å². The lowest BCUT2D eigenvalue weighted by molar-refractivity contribution is -0.129. The van der Waals surface area contributed by atoms with Crippen molar-refractivity contribution in [3.05, 3.63) is 83.7 Å². The van der Waals surface area contributed by atoms with E-state index >= 15 is 0 Å². The fourth-order valence-electron chi connectivity index (χ4n) is 2.70. The molecule has 3 rings (SSSR count). The third-order valence-corrected chi connectivity index (χ3v) is 3.98. The minimum absolute atomic E-state index is 0.0469. The van der Waals surface area contributed by atoms with Gasteiger partial charge < -0.3 is 4.90 Å². The quantitative estimate of drug-likeness (QED) is 0.708. The van der Waals surface area contributed by atoms with Crippen molar-refractivity contribution in [1.82, 2.24) is 4.90 Å². The molecule has 0 aliphatic heterocycles. The Balaban J connectivity index is 1.74. The topological polar surface area (TPSA) is 20.3 Å². The van der Waals surface area contributed by atoms with Crippen molar-refractivity contribution in [1.29, 1.82) is 0 Å². The highest BCUT2D eigenvalue weighted by atomic mass is 19.1. The Labute approximate surface area is 135 Å². The molecule has 2 nitrogen and oxygen atoms in total. The molecule has 3 heteroatoms. The zero-order valence-corrected chi connectivity index (χ0v) is 13.0. The summed E-state index contributed by atoms with van der Waals surface area (Å²) in [5, 5.41) is 2.25. The van der Waals surface area contributed by atoms with E-state index in [1.54, 1.807) is 24.1 Å². The van der Waals surface area contributed by atoms with Crippen LogP contribution in [0, 0.1) is 5.82 Å². The molecule has 116 valence electrons. The second kappa shape index (κ2) is 6.61. The number of nitrogens with zero attached hydrogens (tertiary/aromatic N) is 1. The number of benzene rings is 3. The van der Waals surface area contributed by atoms with E-state index < -0.39 is 0 Å². The van der Waals surface area contributed by atoms with Crippen LogP contribution in [0.3, 0.4) is 0 Å². The second-order valence-electron chi connectivity index (χ2n) is 5.69. The fraction of sp³-hybridized carbons (Fsp3) is 0.150. The Morgan fingerprint density at radius 3 is 2.43 bits per heavy atom. The first-order chi connectivity index (χ1) is 11.1. The number of hydrogen-bond acceptors (Lipinski definition) is 1. The third kappa shape index (κ3) is 3.57. The number of carbonyl (C=O) groups excluding carboxylic acids is 1. The van der Waals surface area contributed by atoms with Gasteiger partial charge in [0.15, 0.2) is 0 Å². The Morgan fingerprint density at radius 1 is 0.957 bits per heavy atom. The molecule has 0 fully saturated rings. The van der Waals surface area contributed by atoms with Crippen LogP contribution in [-0.2, 0) is 17.8 Å². The van der Waals surface area contributed by atoms with Crippen LogP contribution in [0.4, 0.5) is 4.39 Å². The van der Waals surface area contributed by atoms with Crippen molar-refractivity contribution < 1.29 is 9.18 Å². The first-order valence-corrected chi connectivity index (χ1v) is 7.58. The van der Waals surface area contributed by atoms with Crippen molar-refractivity contribution >= 4 is 16.7 Å². The highest BCUT2D eigenvalue weighted by Gasteiger charge is 2.12. The summed E-state index contributed by atoms with van der Waals surface area (Å²) >= 11 is 0. The van der Waals surface area contributed by atoms with E-state index in [1.807, 2.05) is 42.5 Å². The average Bonchev–Trinajstić information content (AvgIpc) is 2.57. The van der Waals surface area contributed by atoms with Crippen molar-refractivity contribution in [2.75, 3.05) is 7.05 Å². The number of halogens is 1. The molecule has 0 heterocycles. The van der Waals surface area contributed by atoms with E-state index in [-0.39, 0.29) is 11.7 Å². The Bertz CT molecular complexity index is 821. The molecule has 0 aromatic heterocycles. The summed E-state index contributed by atoms with van der Waals surface area (Å²) in [5.74, 6) is -0.218. The predicted molar refractivity (Wildman–Crippen MR) is 90.5 cm³/mol. The number of carbonyl (C=O) groups is 1. The number of amides is 1. The molecule has 0 bridgehead atoms. The van der Waals surface area contributed by atoms with Gasteiger partial charge in [-0.3, -0.25) is 4.79 Å². The molecule has 0 saturated heterocycles. The van der Waals surface area contributed by atoms with Crippen LogP contribution in [0.2, 0.25) is 0 Å². The van der Waals surface area contributed by atoms with Crippen LogP contribution in [0.1, 0.15) is 11.1 Å². The minimum atomic E-state index is -0.265. The molecule has 0 radical (unpaired) electrons. The van der Waals surface area contributed by atoms with Crippen LogP contribution in [0.5, 0.6) is 0 Å². The highest BCUT2D eigenvalue weighted by Crippen LogP contribution is 2.19. The maximum absolute atomic E-state index is 12.9. The van der Waals surface area contributed by atoms with Crippen LogP contribution >= 0.6 is 0 Å². The van der Waals surface area contributed by atoms with Gasteiger partial charge in [0.05, 0.1) is 6.42 Å². The maximum atomic E-state index is 12.9. The fourth-order valence-corrected chi connectivity index (χ4v) is 2.70. The SMILES string of the molecule is CN(Cc1ccc(F)cc1)C(=O)Cc1cccc2ccccc12. The van der Waals surface area contributed by atoms with Crippen molar-refractivity contribution in [3.8, 4) is 0 Å². The number of fused-ring (bicyclic) bond motifs is 1. The van der Waals surface area contributed by atoms with E-state index in [9.17, 15) is 9.18 Å². The zero-order valence-electron chi connectivity index (χ0n) is 13.0. The summed E-state index contributed by atoms with van der Waals surface area (Å²) in [6.45, 7) is 0.476. The molecule has 0 atom stereocenters. The molecule has 3 aromatic carbocycles. The summed E-state index contributed by atoms with van der Waals surface area (Å²) in [6, 6.07) is 20.3. The van der Waals surface area contributed by atoms with Gasteiger partial charge in [-0.1, -0.05) is 54.6 Å². The Morgan fingerprint density at radius 2 is 1.65 bits per heavy atom. The van der Waals surface area contributed by atoms with E-state index in [0.29, 0.717) is 13.0 Å². The van der Waals surface area contributed by atoms with E-state index in [2.05, 4.69) is 0 Å². The molecular formula is C20H18FNO. The summed E-state index contributed by atoms with van der Waals surface area (Å²) in [7, 11) is 1.77. The molecule has 0 aliphatic rings. The van der Waals surface area contributed by atoms with E-state index in [1.165, 1.54) is 12.1 Å². The summed E-state index contributed by atoms with van der Waals surface area (Å²) < 4.78 is 12.9. The maximum Gasteiger partial charge on any atom is 0.227 e. The van der Waals surface area contributed by atoms with Gasteiger partial charge in [-0.05, 0) is 34.0 Å². The number of rotatable bonds is 4. The summed E-state index contributed by atoms with van der Waals surface area (Å²) in [5.41, 5.74) is 1.94. The standard InChI is InChI=1S/C20H18FNO/c1-22(14-15-9-11-18(21)12-10-15)20(23)13-17-7-4-6-16-5-2-3-8-19(16)17/h2-12H,13-14H2,1H3. The number of hydrogen-bond donors (Lipinski definition) is 0. The average molecular weight is 307 g/mol. The van der Waals surface area contributed by atoms with Gasteiger partial charge >= 0.3 is 0 Å². The van der Waals surface area contributed by atoms with Gasteiger partial charge in [-0.25, -0.2) is 4.39 Å². The second-order valence-corrected chi connectivity index (χ2v) is 5.69. The van der Waals surface area contributed by atoms with Gasteiger partial charge in [-0.2, -0.15) is 0 Å². The van der Waals surface area contributed by atoms with E-state index in [0.717, 1.165) is 21.9 Å². The van der Waals surface area contributed by atoms with Gasteiger partial charge in [0.2, 0.25) is 5.91 Å². The monoisotopic (exact) mass is 307 g/mol. The van der Waals surface area contributed by atoms with Gasteiger partial charge in [0, 0.05) is 13.6 Å². The van der Waals surface area contributed by atoms with Gasteiger partial charge in [0.25, 0.3) is 0 Å². The van der Waals surface area contributed by atoms with Crippen LogP contribution in [0.25, 0.3) is 10.8 Å². The Kier molecular flexibility index (Phi) is 4.38. The van der Waals surface area contributed by atoms with Gasteiger partial charge in [0.1, 0.15) is 5.82 Å². The normalized spacial score (nSPS) is 10.7. The summed E-state index contributed by atoms with van der Waals surface area (Å²) in [6.07, 6.45) is 0.360.